The molecule has 106 valence electrons. The second kappa shape index (κ2) is 4.33. The van der Waals surface area contributed by atoms with Crippen molar-refractivity contribution in [2.45, 2.75) is 12.3 Å². The van der Waals surface area contributed by atoms with Crippen LogP contribution in [0.2, 0.25) is 5.02 Å². The number of aryl methyl sites for hydroxylation is 1. The molecule has 0 fully saturated rings. The Balaban J connectivity index is 1.93. The highest BCUT2D eigenvalue weighted by molar-refractivity contribution is 6.31. The highest BCUT2D eigenvalue weighted by atomic mass is 35.5. The fraction of sp³-hybridized carbons (Fsp3) is 0.214. The quantitative estimate of drug-likeness (QED) is 0.725. The van der Waals surface area contributed by atoms with Crippen LogP contribution in [-0.2, 0) is 11.8 Å². The van der Waals surface area contributed by atoms with Crippen LogP contribution in [0.25, 0.3) is 10.9 Å². The first kappa shape index (κ1) is 12.4. The molecule has 1 aliphatic heterocycles. The fourth-order valence-electron chi connectivity index (χ4n) is 2.86. The van der Waals surface area contributed by atoms with Gasteiger partial charge in [0.05, 0.1) is 22.4 Å². The van der Waals surface area contributed by atoms with Crippen LogP contribution in [0.1, 0.15) is 23.6 Å². The Hall–Kier alpha value is -2.34. The summed E-state index contributed by atoms with van der Waals surface area (Å²) in [5.41, 5.74) is 3.43. The van der Waals surface area contributed by atoms with E-state index in [-0.39, 0.29) is 11.8 Å². The second-order valence-electron chi connectivity index (χ2n) is 5.24. The first-order chi connectivity index (χ1) is 10.1. The molecule has 1 aliphatic rings. The molecule has 0 saturated heterocycles. The summed E-state index contributed by atoms with van der Waals surface area (Å²) in [7, 11) is 1.82. The van der Waals surface area contributed by atoms with Crippen molar-refractivity contribution in [1.82, 2.24) is 20.0 Å². The molecule has 6 nitrogen and oxygen atoms in total. The number of benzene rings is 1. The van der Waals surface area contributed by atoms with Crippen molar-refractivity contribution in [3.63, 3.8) is 0 Å². The number of aromatic nitrogens is 4. The normalized spacial score (nSPS) is 17.8. The largest absolute Gasteiger partial charge is 0.326 e. The van der Waals surface area contributed by atoms with Crippen LogP contribution in [0.5, 0.6) is 0 Å². The van der Waals surface area contributed by atoms with E-state index in [2.05, 4.69) is 20.6 Å². The van der Waals surface area contributed by atoms with Gasteiger partial charge in [0, 0.05) is 36.7 Å². The molecule has 1 atom stereocenters. The number of hydrogen-bond acceptors (Lipinski definition) is 3. The predicted molar refractivity (Wildman–Crippen MR) is 79.4 cm³/mol. The smallest absolute Gasteiger partial charge is 0.225 e. The maximum Gasteiger partial charge on any atom is 0.225 e. The van der Waals surface area contributed by atoms with Gasteiger partial charge < -0.3 is 5.32 Å². The number of fused-ring (bicyclic) bond motifs is 2. The SMILES string of the molecule is Cn1cc(Cl)c([C@H]2CC(=O)Nc3cc4[nH]ncc4cc32)n1. The average Bonchev–Trinajstić information content (AvgIpc) is 3.01. The zero-order chi connectivity index (χ0) is 14.6. The molecule has 0 aliphatic carbocycles. The number of carbonyl (C=O) groups excluding carboxylic acids is 1. The van der Waals surface area contributed by atoms with Crippen molar-refractivity contribution in [1.29, 1.82) is 0 Å². The summed E-state index contributed by atoms with van der Waals surface area (Å²) in [6.07, 6.45) is 3.86. The van der Waals surface area contributed by atoms with Crippen molar-refractivity contribution in [3.05, 3.63) is 40.8 Å². The van der Waals surface area contributed by atoms with Gasteiger partial charge in [-0.05, 0) is 17.7 Å². The molecule has 0 radical (unpaired) electrons. The van der Waals surface area contributed by atoms with Crippen LogP contribution in [0, 0.1) is 0 Å². The van der Waals surface area contributed by atoms with E-state index < -0.39 is 0 Å². The van der Waals surface area contributed by atoms with Crippen molar-refractivity contribution < 1.29 is 4.79 Å². The van der Waals surface area contributed by atoms with Gasteiger partial charge in [0.1, 0.15) is 0 Å². The molecule has 3 heterocycles. The van der Waals surface area contributed by atoms with Crippen molar-refractivity contribution >= 4 is 34.1 Å². The molecule has 2 aromatic heterocycles. The third-order valence-corrected chi connectivity index (χ3v) is 4.08. The van der Waals surface area contributed by atoms with E-state index in [0.717, 1.165) is 27.8 Å². The van der Waals surface area contributed by atoms with Crippen molar-refractivity contribution in [3.8, 4) is 0 Å². The highest BCUT2D eigenvalue weighted by Gasteiger charge is 2.30. The predicted octanol–water partition coefficient (Wildman–Crippen LogP) is 2.42. The first-order valence-electron chi connectivity index (χ1n) is 6.58. The zero-order valence-electron chi connectivity index (χ0n) is 11.2. The molecule has 2 N–H and O–H groups in total. The maximum absolute atomic E-state index is 12.0. The van der Waals surface area contributed by atoms with E-state index in [1.807, 2.05) is 19.2 Å². The van der Waals surface area contributed by atoms with Gasteiger partial charge in [0.2, 0.25) is 5.91 Å². The second-order valence-corrected chi connectivity index (χ2v) is 5.64. The van der Waals surface area contributed by atoms with Crippen molar-refractivity contribution in [2.24, 2.45) is 7.05 Å². The number of aromatic amines is 1. The number of anilines is 1. The molecule has 0 unspecified atom stereocenters. The van der Waals surface area contributed by atoms with Crippen molar-refractivity contribution in [2.75, 3.05) is 5.32 Å². The van der Waals surface area contributed by atoms with Crippen LogP contribution in [0.3, 0.4) is 0 Å². The van der Waals surface area contributed by atoms with Crippen LogP contribution >= 0.6 is 11.6 Å². The minimum absolute atomic E-state index is 0.0342. The number of amides is 1. The number of nitrogens with one attached hydrogen (secondary N) is 2. The minimum Gasteiger partial charge on any atom is -0.326 e. The van der Waals surface area contributed by atoms with Gasteiger partial charge in [-0.1, -0.05) is 11.6 Å². The molecule has 1 aromatic carbocycles. The molecule has 3 aromatic rings. The van der Waals surface area contributed by atoms with Gasteiger partial charge in [-0.15, -0.1) is 0 Å². The number of nitrogens with zero attached hydrogens (tertiary/aromatic N) is 3. The summed E-state index contributed by atoms with van der Waals surface area (Å²) < 4.78 is 1.67. The average molecular weight is 302 g/mol. The van der Waals surface area contributed by atoms with E-state index in [4.69, 9.17) is 11.6 Å². The van der Waals surface area contributed by atoms with Gasteiger partial charge in [-0.2, -0.15) is 10.2 Å². The number of carbonyl (C=O) groups is 1. The van der Waals surface area contributed by atoms with Crippen LogP contribution in [-0.4, -0.2) is 25.9 Å². The lowest BCUT2D eigenvalue weighted by Gasteiger charge is -2.24. The van der Waals surface area contributed by atoms with Crippen LogP contribution < -0.4 is 5.32 Å². The molecule has 4 rings (SSSR count). The first-order valence-corrected chi connectivity index (χ1v) is 6.95. The number of halogens is 1. The lowest BCUT2D eigenvalue weighted by Crippen LogP contribution is -2.24. The third-order valence-electron chi connectivity index (χ3n) is 3.79. The van der Waals surface area contributed by atoms with E-state index in [0.29, 0.717) is 11.4 Å². The third kappa shape index (κ3) is 1.91. The molecule has 0 bridgehead atoms. The minimum atomic E-state index is -0.137. The summed E-state index contributed by atoms with van der Waals surface area (Å²) in [5, 5.41) is 15.8. The standard InChI is InChI=1S/C14H12ClN5O/c1-20-6-10(15)14(19-20)9-3-13(21)17-12-4-11-7(2-8(9)12)5-16-18-11/h2,4-6,9H,3H2,1H3,(H,16,18)(H,17,21)/t9-/m0/s1. The van der Waals surface area contributed by atoms with E-state index in [1.54, 1.807) is 17.1 Å². The van der Waals surface area contributed by atoms with Crippen LogP contribution in [0.15, 0.2) is 24.5 Å². The summed E-state index contributed by atoms with van der Waals surface area (Å²) in [6.45, 7) is 0. The van der Waals surface area contributed by atoms with E-state index in [9.17, 15) is 4.79 Å². The number of H-pyrrole nitrogens is 1. The number of hydrogen-bond donors (Lipinski definition) is 2. The molecular weight excluding hydrogens is 290 g/mol. The Labute approximate surface area is 125 Å². The van der Waals surface area contributed by atoms with Crippen LogP contribution in [0.4, 0.5) is 5.69 Å². The molecule has 0 saturated carbocycles. The Morgan fingerprint density at radius 3 is 3.05 bits per heavy atom. The maximum atomic E-state index is 12.0. The Kier molecular flexibility index (Phi) is 2.56. The van der Waals surface area contributed by atoms with E-state index in [1.165, 1.54) is 0 Å². The lowest BCUT2D eigenvalue weighted by atomic mass is 9.87. The lowest BCUT2D eigenvalue weighted by molar-refractivity contribution is -0.116. The van der Waals surface area contributed by atoms with Gasteiger partial charge in [0.15, 0.2) is 0 Å². The molecule has 0 spiro atoms. The van der Waals surface area contributed by atoms with Gasteiger partial charge >= 0.3 is 0 Å². The Morgan fingerprint density at radius 2 is 2.29 bits per heavy atom. The molecule has 21 heavy (non-hydrogen) atoms. The summed E-state index contributed by atoms with van der Waals surface area (Å²) in [4.78, 5) is 12.0. The molecule has 7 heteroatoms. The summed E-state index contributed by atoms with van der Waals surface area (Å²) >= 11 is 6.26. The zero-order valence-corrected chi connectivity index (χ0v) is 12.0. The monoisotopic (exact) mass is 301 g/mol. The van der Waals surface area contributed by atoms with Gasteiger partial charge in [-0.3, -0.25) is 14.6 Å². The molecule has 1 amide bonds. The van der Waals surface area contributed by atoms with E-state index >= 15 is 0 Å². The Morgan fingerprint density at radius 1 is 1.43 bits per heavy atom. The Bertz CT molecular complexity index is 866. The molecular formula is C14H12ClN5O. The van der Waals surface area contributed by atoms with Gasteiger partial charge in [-0.25, -0.2) is 0 Å². The summed E-state index contributed by atoms with van der Waals surface area (Å²) in [6, 6.07) is 3.93. The highest BCUT2D eigenvalue weighted by Crippen LogP contribution is 2.40. The summed E-state index contributed by atoms with van der Waals surface area (Å²) in [5.74, 6) is -0.171. The fourth-order valence-corrected chi connectivity index (χ4v) is 3.17. The topological polar surface area (TPSA) is 75.6 Å². The van der Waals surface area contributed by atoms with Gasteiger partial charge in [0.25, 0.3) is 0 Å². The number of rotatable bonds is 1.